The second kappa shape index (κ2) is 10.4. The average molecular weight is 358 g/mol. The van der Waals surface area contributed by atoms with Gasteiger partial charge in [0, 0.05) is 32.0 Å². The first-order valence-corrected chi connectivity index (χ1v) is 8.88. The molecule has 0 bridgehead atoms. The van der Waals surface area contributed by atoms with Gasteiger partial charge in [-0.2, -0.15) is 0 Å². The summed E-state index contributed by atoms with van der Waals surface area (Å²) < 4.78 is 18.5. The first-order valence-electron chi connectivity index (χ1n) is 8.88. The molecular formula is C20H27FN4O. The highest BCUT2D eigenvalue weighted by Crippen LogP contribution is 2.10. The van der Waals surface area contributed by atoms with Crippen LogP contribution in [-0.2, 0) is 6.42 Å². The van der Waals surface area contributed by atoms with E-state index in [-0.39, 0.29) is 5.82 Å². The van der Waals surface area contributed by atoms with E-state index in [0.29, 0.717) is 25.4 Å². The van der Waals surface area contributed by atoms with E-state index in [2.05, 4.69) is 21.4 Å². The third-order valence-electron chi connectivity index (χ3n) is 3.84. The largest absolute Gasteiger partial charge is 0.492 e. The van der Waals surface area contributed by atoms with Crippen molar-refractivity contribution in [3.05, 3.63) is 59.7 Å². The Morgan fingerprint density at radius 3 is 2.65 bits per heavy atom. The van der Waals surface area contributed by atoms with Gasteiger partial charge in [0.1, 0.15) is 18.2 Å². The second-order valence-electron chi connectivity index (χ2n) is 6.02. The lowest BCUT2D eigenvalue weighted by Gasteiger charge is -2.22. The van der Waals surface area contributed by atoms with Gasteiger partial charge in [0.05, 0.1) is 6.54 Å². The Hall–Kier alpha value is -2.63. The summed E-state index contributed by atoms with van der Waals surface area (Å²) in [6, 6.07) is 10.2. The summed E-state index contributed by atoms with van der Waals surface area (Å²) in [7, 11) is 1.98. The molecule has 1 aromatic heterocycles. The van der Waals surface area contributed by atoms with Crippen molar-refractivity contribution in [1.29, 1.82) is 0 Å². The first-order chi connectivity index (χ1) is 12.6. The third-order valence-corrected chi connectivity index (χ3v) is 3.84. The van der Waals surface area contributed by atoms with Crippen molar-refractivity contribution in [3.8, 4) is 5.75 Å². The van der Waals surface area contributed by atoms with E-state index >= 15 is 0 Å². The molecule has 0 fully saturated rings. The van der Waals surface area contributed by atoms with Crippen LogP contribution in [0.2, 0.25) is 0 Å². The van der Waals surface area contributed by atoms with Gasteiger partial charge in [0.2, 0.25) is 0 Å². The number of hydrogen-bond acceptors (Lipinski definition) is 3. The third kappa shape index (κ3) is 6.70. The maximum absolute atomic E-state index is 12.9. The fourth-order valence-electron chi connectivity index (χ4n) is 2.34. The van der Waals surface area contributed by atoms with Crippen molar-refractivity contribution in [2.75, 3.05) is 33.3 Å². The minimum Gasteiger partial charge on any atom is -0.492 e. The number of hydrogen-bond donors (Lipinski definition) is 1. The van der Waals surface area contributed by atoms with Gasteiger partial charge < -0.3 is 15.0 Å². The van der Waals surface area contributed by atoms with Crippen LogP contribution in [-0.4, -0.2) is 49.1 Å². The average Bonchev–Trinajstić information content (AvgIpc) is 2.64. The van der Waals surface area contributed by atoms with Gasteiger partial charge in [-0.15, -0.1) is 0 Å². The van der Waals surface area contributed by atoms with Crippen molar-refractivity contribution in [2.45, 2.75) is 20.3 Å². The standard InChI is InChI=1S/C20H27FN4O/c1-4-22-20(23-12-11-17-6-5-16(2)24-15-17)25(3)13-14-26-19-9-7-18(21)8-10-19/h5-10,15H,4,11-14H2,1-3H3,(H,22,23). The minimum atomic E-state index is -0.264. The fraction of sp³-hybridized carbons (Fsp3) is 0.400. The summed E-state index contributed by atoms with van der Waals surface area (Å²) in [5.74, 6) is 1.24. The second-order valence-corrected chi connectivity index (χ2v) is 6.02. The van der Waals surface area contributed by atoms with Crippen LogP contribution in [0.4, 0.5) is 4.39 Å². The molecule has 1 heterocycles. The molecule has 26 heavy (non-hydrogen) atoms. The molecule has 2 aromatic rings. The van der Waals surface area contributed by atoms with Gasteiger partial charge in [-0.05, 0) is 56.2 Å². The molecular weight excluding hydrogens is 331 g/mol. The normalized spacial score (nSPS) is 11.3. The van der Waals surface area contributed by atoms with Crippen LogP contribution in [0, 0.1) is 12.7 Å². The molecule has 0 radical (unpaired) electrons. The Balaban J connectivity index is 1.81. The van der Waals surface area contributed by atoms with Crippen LogP contribution in [0.1, 0.15) is 18.2 Å². The number of nitrogens with zero attached hydrogens (tertiary/aromatic N) is 3. The van der Waals surface area contributed by atoms with E-state index in [1.54, 1.807) is 12.1 Å². The van der Waals surface area contributed by atoms with Crippen molar-refractivity contribution in [2.24, 2.45) is 4.99 Å². The predicted octanol–water partition coefficient (Wildman–Crippen LogP) is 3.05. The Bertz CT molecular complexity index is 686. The number of guanidine groups is 1. The quantitative estimate of drug-likeness (QED) is 0.582. The Morgan fingerprint density at radius 1 is 1.23 bits per heavy atom. The number of nitrogens with one attached hydrogen (secondary N) is 1. The molecule has 0 saturated carbocycles. The van der Waals surface area contributed by atoms with Gasteiger partial charge in [-0.25, -0.2) is 4.39 Å². The summed E-state index contributed by atoms with van der Waals surface area (Å²) in [6.07, 6.45) is 2.75. The zero-order valence-corrected chi connectivity index (χ0v) is 15.7. The lowest BCUT2D eigenvalue weighted by Crippen LogP contribution is -2.41. The molecule has 0 saturated heterocycles. The minimum absolute atomic E-state index is 0.264. The van der Waals surface area contributed by atoms with E-state index in [4.69, 9.17) is 4.74 Å². The molecule has 1 N–H and O–H groups in total. The highest BCUT2D eigenvalue weighted by atomic mass is 19.1. The van der Waals surface area contributed by atoms with Crippen LogP contribution < -0.4 is 10.1 Å². The summed E-state index contributed by atoms with van der Waals surface area (Å²) in [5, 5.41) is 3.29. The Kier molecular flexibility index (Phi) is 7.86. The van der Waals surface area contributed by atoms with Crippen LogP contribution in [0.3, 0.4) is 0 Å². The van der Waals surface area contributed by atoms with Gasteiger partial charge in [0.25, 0.3) is 0 Å². The summed E-state index contributed by atoms with van der Waals surface area (Å²) in [4.78, 5) is 11.0. The van der Waals surface area contributed by atoms with Gasteiger partial charge >= 0.3 is 0 Å². The van der Waals surface area contributed by atoms with Crippen LogP contribution in [0.15, 0.2) is 47.6 Å². The number of pyridine rings is 1. The Labute approximate surface area is 154 Å². The van der Waals surface area contributed by atoms with E-state index in [1.165, 1.54) is 17.7 Å². The SMILES string of the molecule is CCNC(=NCCc1ccc(C)nc1)N(C)CCOc1ccc(F)cc1. The van der Waals surface area contributed by atoms with Crippen LogP contribution in [0.5, 0.6) is 5.75 Å². The first kappa shape index (κ1) is 19.7. The summed E-state index contributed by atoms with van der Waals surface area (Å²) in [6.45, 7) is 6.69. The van der Waals surface area contributed by atoms with Crippen LogP contribution in [0.25, 0.3) is 0 Å². The maximum Gasteiger partial charge on any atom is 0.193 e. The predicted molar refractivity (Wildman–Crippen MR) is 103 cm³/mol. The number of aromatic nitrogens is 1. The van der Waals surface area contributed by atoms with E-state index in [9.17, 15) is 4.39 Å². The summed E-state index contributed by atoms with van der Waals surface area (Å²) >= 11 is 0. The smallest absolute Gasteiger partial charge is 0.193 e. The number of benzene rings is 1. The maximum atomic E-state index is 12.9. The number of aryl methyl sites for hydroxylation is 1. The molecule has 2 rings (SSSR count). The molecule has 140 valence electrons. The lowest BCUT2D eigenvalue weighted by molar-refractivity contribution is 0.281. The number of likely N-dealkylation sites (N-methyl/N-ethyl adjacent to an activating group) is 1. The molecule has 0 unspecified atom stereocenters. The number of ether oxygens (including phenoxy) is 1. The highest BCUT2D eigenvalue weighted by Gasteiger charge is 2.06. The molecule has 0 aliphatic rings. The molecule has 1 aromatic carbocycles. The Morgan fingerprint density at radius 2 is 2.00 bits per heavy atom. The van der Waals surface area contributed by atoms with Crippen molar-refractivity contribution >= 4 is 5.96 Å². The van der Waals surface area contributed by atoms with Crippen molar-refractivity contribution in [3.63, 3.8) is 0 Å². The lowest BCUT2D eigenvalue weighted by atomic mass is 10.2. The molecule has 0 aliphatic carbocycles. The van der Waals surface area contributed by atoms with Gasteiger partial charge in [0.15, 0.2) is 5.96 Å². The topological polar surface area (TPSA) is 49.8 Å². The van der Waals surface area contributed by atoms with Gasteiger partial charge in [-0.3, -0.25) is 9.98 Å². The van der Waals surface area contributed by atoms with E-state index in [1.807, 2.05) is 38.1 Å². The number of rotatable bonds is 8. The zero-order valence-electron chi connectivity index (χ0n) is 15.7. The number of halogens is 1. The van der Waals surface area contributed by atoms with Gasteiger partial charge in [-0.1, -0.05) is 6.07 Å². The molecule has 0 aliphatic heterocycles. The fourth-order valence-corrected chi connectivity index (χ4v) is 2.34. The number of aliphatic imine (C=N–C) groups is 1. The van der Waals surface area contributed by atoms with Crippen LogP contribution >= 0.6 is 0 Å². The van der Waals surface area contributed by atoms with Crippen molar-refractivity contribution in [1.82, 2.24) is 15.2 Å². The van der Waals surface area contributed by atoms with E-state index in [0.717, 1.165) is 24.6 Å². The molecule has 0 amide bonds. The zero-order chi connectivity index (χ0) is 18.8. The molecule has 5 nitrogen and oxygen atoms in total. The summed E-state index contributed by atoms with van der Waals surface area (Å²) in [5.41, 5.74) is 2.20. The van der Waals surface area contributed by atoms with E-state index < -0.39 is 0 Å². The monoisotopic (exact) mass is 358 g/mol. The highest BCUT2D eigenvalue weighted by molar-refractivity contribution is 5.79. The van der Waals surface area contributed by atoms with Crippen molar-refractivity contribution < 1.29 is 9.13 Å². The molecule has 6 heteroatoms. The molecule has 0 atom stereocenters. The molecule has 0 spiro atoms.